The molecule has 1 aromatic rings. The topological polar surface area (TPSA) is 37.3 Å². The van der Waals surface area contributed by atoms with Gasteiger partial charge in [-0.15, -0.1) is 11.8 Å². The van der Waals surface area contributed by atoms with Crippen LogP contribution in [0.5, 0.6) is 0 Å². The van der Waals surface area contributed by atoms with E-state index in [1.165, 1.54) is 0 Å². The third-order valence-electron chi connectivity index (χ3n) is 2.48. The molecule has 0 aliphatic heterocycles. The lowest BCUT2D eigenvalue weighted by molar-refractivity contribution is -0.149. The van der Waals surface area contributed by atoms with E-state index in [2.05, 4.69) is 0 Å². The number of carboxylic acid groups (broad SMARTS) is 1. The molecule has 0 amide bonds. The molecule has 0 saturated heterocycles. The Kier molecular flexibility index (Phi) is 4.67. The van der Waals surface area contributed by atoms with Gasteiger partial charge in [-0.2, -0.15) is 13.2 Å². The van der Waals surface area contributed by atoms with Gasteiger partial charge in [0.1, 0.15) is 5.25 Å². The van der Waals surface area contributed by atoms with Gasteiger partial charge in [-0.1, -0.05) is 6.07 Å². The van der Waals surface area contributed by atoms with E-state index in [4.69, 9.17) is 5.11 Å². The van der Waals surface area contributed by atoms with Crippen LogP contribution < -0.4 is 0 Å². The summed E-state index contributed by atoms with van der Waals surface area (Å²) in [6.45, 7) is 3.67. The fourth-order valence-electron chi connectivity index (χ4n) is 1.33. The highest BCUT2D eigenvalue weighted by Crippen LogP contribution is 2.37. The zero-order valence-corrected chi connectivity index (χ0v) is 10.7. The molecule has 0 bridgehead atoms. The average molecular weight is 278 g/mol. The molecule has 1 aromatic carbocycles. The Morgan fingerprint density at radius 2 is 1.94 bits per heavy atom. The molecule has 0 spiro atoms. The van der Waals surface area contributed by atoms with Gasteiger partial charge in [0.15, 0.2) is 0 Å². The minimum Gasteiger partial charge on any atom is -0.481 e. The van der Waals surface area contributed by atoms with E-state index in [1.54, 1.807) is 25.1 Å². The second-order valence-corrected chi connectivity index (χ2v) is 5.27. The summed E-state index contributed by atoms with van der Waals surface area (Å²) in [7, 11) is 0. The van der Waals surface area contributed by atoms with Crippen LogP contribution in [-0.4, -0.2) is 22.5 Å². The number of benzene rings is 1. The Morgan fingerprint density at radius 3 is 2.39 bits per heavy atom. The molecule has 0 aromatic heterocycles. The van der Waals surface area contributed by atoms with Crippen LogP contribution in [0.3, 0.4) is 0 Å². The summed E-state index contributed by atoms with van der Waals surface area (Å²) in [5, 5.41) is 6.59. The molecule has 0 aliphatic carbocycles. The van der Waals surface area contributed by atoms with E-state index in [-0.39, 0.29) is 0 Å². The molecule has 0 fully saturated rings. The van der Waals surface area contributed by atoms with Crippen LogP contribution in [-0.2, 0) is 4.79 Å². The van der Waals surface area contributed by atoms with Crippen LogP contribution in [0.4, 0.5) is 13.2 Å². The predicted octanol–water partition coefficient (Wildman–Crippen LogP) is 3.80. The molecule has 1 rings (SSSR count). The molecule has 0 saturated carbocycles. The molecule has 1 atom stereocenters. The maximum atomic E-state index is 12.7. The molecule has 2 nitrogen and oxygen atoms in total. The lowest BCUT2D eigenvalue weighted by Gasteiger charge is -2.18. The van der Waals surface area contributed by atoms with Crippen molar-refractivity contribution in [3.8, 4) is 0 Å². The number of aryl methyl sites for hydroxylation is 2. The number of thioether (sulfide) groups is 1. The molecule has 6 heteroatoms. The number of rotatable bonds is 4. The van der Waals surface area contributed by atoms with E-state index in [0.717, 1.165) is 11.1 Å². The van der Waals surface area contributed by atoms with E-state index in [9.17, 15) is 18.0 Å². The number of aliphatic carboxylic acids is 1. The first-order chi connectivity index (χ1) is 8.20. The summed E-state index contributed by atoms with van der Waals surface area (Å²) in [6.07, 6.45) is -5.46. The van der Waals surface area contributed by atoms with Crippen molar-refractivity contribution in [2.24, 2.45) is 0 Å². The third-order valence-corrected chi connectivity index (χ3v) is 3.73. The average Bonchev–Trinajstić information content (AvgIpc) is 2.20. The van der Waals surface area contributed by atoms with Crippen molar-refractivity contribution in [2.75, 3.05) is 0 Å². The largest absolute Gasteiger partial charge is 0.481 e. The first kappa shape index (κ1) is 14.9. The lowest BCUT2D eigenvalue weighted by Crippen LogP contribution is -2.28. The number of halogens is 3. The molecule has 0 aliphatic rings. The predicted molar refractivity (Wildman–Crippen MR) is 63.9 cm³/mol. The second-order valence-electron chi connectivity index (χ2n) is 3.99. The highest BCUT2D eigenvalue weighted by Gasteiger charge is 2.41. The monoisotopic (exact) mass is 278 g/mol. The fraction of sp³-hybridized carbons (Fsp3) is 0.417. The lowest BCUT2D eigenvalue weighted by atomic mass is 10.1. The number of hydrogen-bond acceptors (Lipinski definition) is 2. The van der Waals surface area contributed by atoms with Crippen LogP contribution in [0.25, 0.3) is 0 Å². The van der Waals surface area contributed by atoms with Crippen LogP contribution in [0.1, 0.15) is 17.5 Å². The first-order valence-electron chi connectivity index (χ1n) is 5.22. The highest BCUT2D eigenvalue weighted by molar-refractivity contribution is 8.00. The molecule has 18 heavy (non-hydrogen) atoms. The summed E-state index contributed by atoms with van der Waals surface area (Å²) in [4.78, 5) is 10.9. The fourth-order valence-corrected chi connectivity index (χ4v) is 2.41. The van der Waals surface area contributed by atoms with Crippen LogP contribution >= 0.6 is 11.8 Å². The van der Waals surface area contributed by atoms with Gasteiger partial charge in [0, 0.05) is 4.90 Å². The van der Waals surface area contributed by atoms with Crippen molar-refractivity contribution in [3.63, 3.8) is 0 Å². The molecule has 0 radical (unpaired) electrons. The van der Waals surface area contributed by atoms with Crippen molar-refractivity contribution in [3.05, 3.63) is 29.3 Å². The molecule has 1 N–H and O–H groups in total. The molecule has 1 unspecified atom stereocenters. The zero-order valence-electron chi connectivity index (χ0n) is 9.91. The summed E-state index contributed by atoms with van der Waals surface area (Å²) < 4.78 is 38.0. The van der Waals surface area contributed by atoms with E-state index in [0.29, 0.717) is 16.7 Å². The van der Waals surface area contributed by atoms with Gasteiger partial charge in [-0.25, -0.2) is 0 Å². The van der Waals surface area contributed by atoms with Crippen LogP contribution in [0.15, 0.2) is 23.1 Å². The van der Waals surface area contributed by atoms with Crippen molar-refractivity contribution < 1.29 is 23.1 Å². The second kappa shape index (κ2) is 5.65. The maximum absolute atomic E-state index is 12.7. The van der Waals surface area contributed by atoms with Crippen molar-refractivity contribution in [1.82, 2.24) is 0 Å². The van der Waals surface area contributed by atoms with Gasteiger partial charge >= 0.3 is 12.1 Å². The Labute approximate surface area is 107 Å². The first-order valence-corrected chi connectivity index (χ1v) is 6.10. The van der Waals surface area contributed by atoms with Crippen LogP contribution in [0, 0.1) is 13.8 Å². The molecule has 0 heterocycles. The van der Waals surface area contributed by atoms with Gasteiger partial charge in [0.05, 0.1) is 6.42 Å². The smallest absolute Gasteiger partial charge is 0.401 e. The molecular formula is C12H13F3O2S. The van der Waals surface area contributed by atoms with Crippen molar-refractivity contribution in [2.45, 2.75) is 36.6 Å². The normalized spacial score (nSPS) is 13.4. The van der Waals surface area contributed by atoms with Gasteiger partial charge < -0.3 is 5.11 Å². The zero-order chi connectivity index (χ0) is 13.9. The van der Waals surface area contributed by atoms with Gasteiger partial charge in [0.25, 0.3) is 0 Å². The van der Waals surface area contributed by atoms with Gasteiger partial charge in [-0.3, -0.25) is 4.79 Å². The minimum absolute atomic E-state index is 0.432. The SMILES string of the molecule is Cc1ccc(SC(CC(=O)O)C(F)(F)F)cc1C. The van der Waals surface area contributed by atoms with Gasteiger partial charge in [-0.05, 0) is 37.1 Å². The Hall–Kier alpha value is -1.17. The summed E-state index contributed by atoms with van der Waals surface area (Å²) >= 11 is 0.541. The number of hydrogen-bond donors (Lipinski definition) is 1. The third kappa shape index (κ3) is 4.25. The highest BCUT2D eigenvalue weighted by atomic mass is 32.2. The maximum Gasteiger partial charge on any atom is 0.401 e. The molecular weight excluding hydrogens is 265 g/mol. The van der Waals surface area contributed by atoms with Crippen molar-refractivity contribution >= 4 is 17.7 Å². The number of carboxylic acids is 1. The summed E-state index contributed by atoms with van der Waals surface area (Å²) in [5.74, 6) is -1.45. The van der Waals surface area contributed by atoms with Crippen molar-refractivity contribution in [1.29, 1.82) is 0 Å². The van der Waals surface area contributed by atoms with Gasteiger partial charge in [0.2, 0.25) is 0 Å². The number of alkyl halides is 3. The quantitative estimate of drug-likeness (QED) is 0.851. The Balaban J connectivity index is 2.89. The van der Waals surface area contributed by atoms with E-state index < -0.39 is 23.8 Å². The standard InChI is InChI=1S/C12H13F3O2S/c1-7-3-4-9(5-8(7)2)18-10(6-11(16)17)12(13,14)15/h3-5,10H,6H2,1-2H3,(H,16,17). The van der Waals surface area contributed by atoms with E-state index >= 15 is 0 Å². The minimum atomic E-state index is -4.53. The Morgan fingerprint density at radius 1 is 1.33 bits per heavy atom. The van der Waals surface area contributed by atoms with Crippen LogP contribution in [0.2, 0.25) is 0 Å². The number of carbonyl (C=O) groups is 1. The Bertz CT molecular complexity index is 443. The molecule has 100 valence electrons. The summed E-state index contributed by atoms with van der Waals surface area (Å²) in [5.41, 5.74) is 1.87. The van der Waals surface area contributed by atoms with E-state index in [1.807, 2.05) is 6.92 Å². The summed E-state index contributed by atoms with van der Waals surface area (Å²) in [6, 6.07) is 4.94.